The molecule has 35 nitrogen and oxygen atoms in total. The van der Waals surface area contributed by atoms with E-state index in [4.69, 9.17) is 67.1 Å². The number of hydrogen-bond donors (Lipinski definition) is 6. The second-order valence-corrected chi connectivity index (χ2v) is 38.6. The van der Waals surface area contributed by atoms with Crippen molar-refractivity contribution in [1.29, 1.82) is 0 Å². The van der Waals surface area contributed by atoms with Crippen LogP contribution in [0.25, 0.3) is 0 Å². The molecule has 3 aliphatic carbocycles. The number of ether oxygens (including phenoxy) is 12. The number of carbonyl (C=O) groups excluding carboxylic acids is 11. The summed E-state index contributed by atoms with van der Waals surface area (Å²) in [6, 6.07) is 11.9. The van der Waals surface area contributed by atoms with E-state index in [1.807, 2.05) is 114 Å². The van der Waals surface area contributed by atoms with Gasteiger partial charge in [0.25, 0.3) is 0 Å². The fraction of sp³-hybridized carbons (Fsp3) is 0.592. The smallest absolute Gasteiger partial charge is 0.410 e. The van der Waals surface area contributed by atoms with Crippen LogP contribution in [0.1, 0.15) is 192 Å². The molecule has 6 fully saturated rings. The van der Waals surface area contributed by atoms with Crippen molar-refractivity contribution >= 4 is 72.3 Å². The summed E-state index contributed by atoms with van der Waals surface area (Å²) in [6.07, 6.45) is 17.8. The van der Waals surface area contributed by atoms with E-state index < -0.39 is 125 Å². The number of carboxylic acid groups (broad SMARTS) is 1. The number of cyclic esters (lactones) is 1. The maximum atomic E-state index is 13.9. The Kier molecular flexibility index (Phi) is 37.2. The highest BCUT2D eigenvalue weighted by atomic mass is 16.6. The lowest BCUT2D eigenvalue weighted by molar-refractivity contribution is -0.152. The van der Waals surface area contributed by atoms with Crippen molar-refractivity contribution in [1.82, 2.24) is 45.8 Å². The zero-order chi connectivity index (χ0) is 97.3. The highest BCUT2D eigenvalue weighted by Gasteiger charge is 2.52. The zero-order valence-electron chi connectivity index (χ0n) is 79.3. The van der Waals surface area contributed by atoms with Crippen LogP contribution in [-0.4, -0.2) is 249 Å². The van der Waals surface area contributed by atoms with Gasteiger partial charge in [0.1, 0.15) is 91.6 Å². The molecule has 10 aliphatic rings. The molecule has 0 aromatic heterocycles. The third-order valence-electron chi connectivity index (χ3n) is 25.4. The number of alkyl carbamates (subject to hydrolysis) is 3. The summed E-state index contributed by atoms with van der Waals surface area (Å²) >= 11 is 0. The fourth-order valence-corrected chi connectivity index (χ4v) is 16.9. The number of esters is 3. The number of nitrogens with zero attached hydrogens (tertiary/aromatic N) is 5. The topological polar surface area (TPSA) is 420 Å². The average Bonchev–Trinajstić information content (AvgIpc) is 1.69. The van der Waals surface area contributed by atoms with Crippen LogP contribution >= 0.6 is 0 Å². The van der Waals surface area contributed by atoms with Crippen molar-refractivity contribution in [3.8, 4) is 17.2 Å². The van der Waals surface area contributed by atoms with Crippen LogP contribution in [0.3, 0.4) is 0 Å². The molecule has 8 amide bonds. The number of fused-ring (bicyclic) bond motifs is 5. The van der Waals surface area contributed by atoms with Crippen molar-refractivity contribution in [2.24, 2.45) is 32.5 Å². The second kappa shape index (κ2) is 47.2. The Hall–Kier alpha value is -11.9. The first-order valence-corrected chi connectivity index (χ1v) is 45.4. The average molecular weight is 1860 g/mol. The van der Waals surface area contributed by atoms with E-state index in [2.05, 4.69) is 53.7 Å². The molecule has 133 heavy (non-hydrogen) atoms. The van der Waals surface area contributed by atoms with Gasteiger partial charge in [0.2, 0.25) is 11.8 Å². The molecule has 13 rings (SSSR count). The number of aliphatic hydroxyl groups is 1. The number of likely N-dealkylation sites (tertiary alicyclic amines) is 1. The summed E-state index contributed by atoms with van der Waals surface area (Å²) in [6.45, 7) is 35.8. The number of amides is 8. The van der Waals surface area contributed by atoms with Gasteiger partial charge in [-0.15, -0.1) is 13.2 Å². The molecule has 3 unspecified atom stereocenters. The molecule has 3 saturated carbocycles. The van der Waals surface area contributed by atoms with Crippen molar-refractivity contribution in [3.63, 3.8) is 0 Å². The number of carboxylic acids is 1. The van der Waals surface area contributed by atoms with Crippen LogP contribution in [0.5, 0.6) is 17.2 Å². The van der Waals surface area contributed by atoms with Crippen LogP contribution in [0, 0.1) is 32.5 Å². The van der Waals surface area contributed by atoms with E-state index in [9.17, 15) is 57.5 Å². The molecule has 1 spiro atoms. The standard InChI is InChI=1S/C33H45N3O8.C31H41N3O8.C18H22N2O5.C15H25NO4.CH4O/c1-7-9-13-33(14-15-33)21-43-30(39)34-27(32(3,4)5)28(37)36-19-23(17-25(36)29(38)41-6)44-31(40)35-18-22-11-10-12-26(24(22)20-35)42-16-8-2;1-30(2,3)25-26(35)34-17-21(15-23(34)27(36)39-4)42-29(38)33-16-20-9-8-10-24(22(20)18-33)40-14-7-5-6-11-31(12-13-31)19-41-28(37)32-25;1-3-7-24-16-6-4-5-12-10-20(11-14(12)16)18(22)25-13-8-15(19-9-13)17(21)23-2;1-5-6-7-15(8-9-15)10-20-13(19)16-11(12(17)18)14(2,3)4;1-2/h7-8,10-12,23,25,27H,1-2,9,13-21H2,3-6H3,(H,34,39);5,7-10,21,23,25H,6,11-19H2,1-4H3,(H,32,37);3-6,13,15,19H,1,7-11H2,2H3;5,11H,1,6-10H2,2-4H3,(H,16,19)(H,17,18);2H,1H3/b;7-5+;;;/t23-,25+,27?;21-,23?,25-;13-,15+;;/m111../s1. The van der Waals surface area contributed by atoms with E-state index in [0.717, 1.165) is 129 Å². The largest absolute Gasteiger partial charge is 0.489 e. The van der Waals surface area contributed by atoms with Gasteiger partial charge in [-0.2, -0.15) is 0 Å². The SMILES string of the molecule is C=CCCC1(COC(=O)NC(C(=O)N2C[C@H](OC(=O)N3Cc4cccc(OCC=C)c4C3)C[C@H]2C(=O)OC)C(C)(C)C)CC1.C=CCCC1(COC(=O)NC(C(=O)O)C(C)(C)C)CC1.C=CCOc1cccc2c1CN(C(=O)O[C@H]1CN[C@H](C(=O)OC)C1)C2.CO.COC(=O)C1C[C@@H]2CN1C(=O)[C@H](C(C)(C)C)NC(=O)OCC1(CC/C=C/COc3cccc4c3CN(C4)C(=O)O2)CC1. The maximum absolute atomic E-state index is 13.9. The number of rotatable bonds is 25. The number of aliphatic carboxylic acids is 1. The second-order valence-electron chi connectivity index (χ2n) is 38.6. The fourth-order valence-electron chi connectivity index (χ4n) is 16.9. The molecule has 3 aromatic carbocycles. The Bertz CT molecular complexity index is 4670. The van der Waals surface area contributed by atoms with E-state index in [0.29, 0.717) is 84.4 Å². The first-order valence-electron chi connectivity index (χ1n) is 45.4. The number of methoxy groups -OCH3 is 3. The minimum Gasteiger partial charge on any atom is -0.489 e. The lowest BCUT2D eigenvalue weighted by atomic mass is 9.85. The summed E-state index contributed by atoms with van der Waals surface area (Å²) in [5.74, 6) is -1.39. The molecule has 0 radical (unpaired) electrons. The molecular weight excluding hydrogens is 1720 g/mol. The molecule has 4 bridgehead atoms. The molecule has 35 heteroatoms. The highest BCUT2D eigenvalue weighted by Crippen LogP contribution is 2.52. The molecule has 7 heterocycles. The lowest BCUT2D eigenvalue weighted by Gasteiger charge is -2.34. The minimum atomic E-state index is -1.05. The predicted octanol–water partition coefficient (Wildman–Crippen LogP) is 12.8. The summed E-state index contributed by atoms with van der Waals surface area (Å²) in [7, 11) is 4.84. The van der Waals surface area contributed by atoms with Crippen LogP contribution in [0.2, 0.25) is 0 Å². The molecular formula is C98H137N9O26. The Morgan fingerprint density at radius 3 is 1.59 bits per heavy atom. The predicted molar refractivity (Wildman–Crippen MR) is 489 cm³/mol. The van der Waals surface area contributed by atoms with Gasteiger partial charge in [-0.3, -0.25) is 29.1 Å². The van der Waals surface area contributed by atoms with E-state index >= 15 is 0 Å². The Balaban J connectivity index is 0.000000207. The normalized spacial score (nSPS) is 22.2. The number of allylic oxidation sites excluding steroid dienone is 3. The zero-order valence-corrected chi connectivity index (χ0v) is 79.3. The number of benzene rings is 3. The Labute approximate surface area is 779 Å². The monoisotopic (exact) mass is 1860 g/mol. The quantitative estimate of drug-likeness (QED) is 0.0261. The van der Waals surface area contributed by atoms with E-state index in [-0.39, 0.29) is 73.6 Å². The first kappa shape index (κ1) is 105. The number of nitrogens with one attached hydrogen (secondary N) is 4. The van der Waals surface area contributed by atoms with Crippen molar-refractivity contribution in [3.05, 3.63) is 151 Å². The summed E-state index contributed by atoms with van der Waals surface area (Å²) in [4.78, 5) is 160. The number of carbonyl (C=O) groups is 12. The number of hydrogen-bond acceptors (Lipinski definition) is 26. The highest BCUT2D eigenvalue weighted by molar-refractivity contribution is 5.92. The Morgan fingerprint density at radius 2 is 1.10 bits per heavy atom. The van der Waals surface area contributed by atoms with Gasteiger partial charge in [0.05, 0.1) is 73.9 Å². The molecule has 730 valence electrons. The summed E-state index contributed by atoms with van der Waals surface area (Å²) < 4.78 is 65.7. The van der Waals surface area contributed by atoms with Crippen LogP contribution in [-0.2, 0) is 111 Å². The van der Waals surface area contributed by atoms with Gasteiger partial charge in [-0.25, -0.2) is 43.2 Å². The van der Waals surface area contributed by atoms with E-state index in [1.165, 1.54) is 31.1 Å². The molecule has 3 aromatic rings. The maximum Gasteiger partial charge on any atom is 0.410 e. The molecule has 6 N–H and O–H groups in total. The first-order chi connectivity index (χ1) is 63.2. The Morgan fingerprint density at radius 1 is 0.579 bits per heavy atom. The van der Waals surface area contributed by atoms with Crippen molar-refractivity contribution in [2.75, 3.05) is 87.7 Å². The van der Waals surface area contributed by atoms with E-state index in [1.54, 1.807) is 47.6 Å². The molecule has 3 saturated heterocycles. The van der Waals surface area contributed by atoms with Crippen molar-refractivity contribution < 1.29 is 125 Å². The lowest BCUT2D eigenvalue weighted by Crippen LogP contribution is -2.57. The third-order valence-corrected chi connectivity index (χ3v) is 25.4. The van der Waals surface area contributed by atoms with Gasteiger partial charge < -0.3 is 98.1 Å². The van der Waals surface area contributed by atoms with Crippen LogP contribution in [0.4, 0.5) is 28.8 Å². The van der Waals surface area contributed by atoms with Gasteiger partial charge in [0.15, 0.2) is 0 Å². The van der Waals surface area contributed by atoms with Gasteiger partial charge in [-0.1, -0.05) is 148 Å². The van der Waals surface area contributed by atoms with Gasteiger partial charge >= 0.3 is 60.4 Å². The van der Waals surface area contributed by atoms with Gasteiger partial charge in [0, 0.05) is 85.5 Å². The van der Waals surface area contributed by atoms with Gasteiger partial charge in [-0.05, 0) is 128 Å². The van der Waals surface area contributed by atoms with Crippen LogP contribution in [0.15, 0.2) is 117 Å². The third kappa shape index (κ3) is 29.1. The minimum absolute atomic E-state index is 0.00174. The van der Waals surface area contributed by atoms with Crippen LogP contribution < -0.4 is 35.5 Å². The summed E-state index contributed by atoms with van der Waals surface area (Å²) in [5, 5.41) is 27.1. The summed E-state index contributed by atoms with van der Waals surface area (Å²) in [5.41, 5.74) is 3.89. The number of aliphatic hydroxyl groups excluding tert-OH is 1. The molecule has 9 atom stereocenters. The molecule has 7 aliphatic heterocycles. The van der Waals surface area contributed by atoms with Crippen molar-refractivity contribution in [2.45, 2.75) is 252 Å².